The fraction of sp³-hybridized carbons (Fsp3) is 0.227. The molecule has 1 aromatic heterocycles. The molecule has 8 heteroatoms. The minimum atomic E-state index is -0.558. The molecule has 0 amide bonds. The third-order valence-electron chi connectivity index (χ3n) is 4.64. The Balaban J connectivity index is 1.65. The van der Waals surface area contributed by atoms with Crippen molar-refractivity contribution in [3.05, 3.63) is 64.8 Å². The third-order valence-corrected chi connectivity index (χ3v) is 4.88. The first kappa shape index (κ1) is 21.3. The van der Waals surface area contributed by atoms with Crippen LogP contribution in [0.25, 0.3) is 10.9 Å². The van der Waals surface area contributed by atoms with E-state index in [4.69, 9.17) is 21.7 Å². The van der Waals surface area contributed by atoms with Gasteiger partial charge in [0.2, 0.25) is 0 Å². The van der Waals surface area contributed by atoms with Crippen molar-refractivity contribution in [3.63, 3.8) is 0 Å². The molecule has 0 unspecified atom stereocenters. The van der Waals surface area contributed by atoms with Crippen molar-refractivity contribution in [2.45, 2.75) is 13.3 Å². The van der Waals surface area contributed by atoms with E-state index in [1.54, 1.807) is 12.1 Å². The molecular formula is C22H23N3O4S. The number of hydrogen-bond donors (Lipinski definition) is 3. The number of carbonyl (C=O) groups is 2. The third kappa shape index (κ3) is 4.96. The van der Waals surface area contributed by atoms with Gasteiger partial charge in [-0.05, 0) is 61.5 Å². The summed E-state index contributed by atoms with van der Waals surface area (Å²) in [6, 6.07) is 10.8. The number of methoxy groups -OCH3 is 2. The van der Waals surface area contributed by atoms with E-state index in [0.717, 1.165) is 11.9 Å². The van der Waals surface area contributed by atoms with E-state index in [1.807, 2.05) is 6.20 Å². The molecule has 0 fully saturated rings. The predicted molar refractivity (Wildman–Crippen MR) is 120 cm³/mol. The molecule has 30 heavy (non-hydrogen) atoms. The molecule has 156 valence electrons. The zero-order valence-corrected chi connectivity index (χ0v) is 17.8. The number of hydrogen-bond acceptors (Lipinski definition) is 5. The van der Waals surface area contributed by atoms with Crippen LogP contribution in [0.15, 0.2) is 42.6 Å². The molecule has 1 heterocycles. The first-order valence-electron chi connectivity index (χ1n) is 9.34. The second-order valence-electron chi connectivity index (χ2n) is 6.78. The lowest BCUT2D eigenvalue weighted by Gasteiger charge is -2.12. The van der Waals surface area contributed by atoms with Crippen molar-refractivity contribution in [1.82, 2.24) is 10.3 Å². The van der Waals surface area contributed by atoms with Gasteiger partial charge >= 0.3 is 11.9 Å². The Labute approximate surface area is 179 Å². The summed E-state index contributed by atoms with van der Waals surface area (Å²) in [7, 11) is 2.55. The largest absolute Gasteiger partial charge is 0.465 e. The molecule has 3 rings (SSSR count). The van der Waals surface area contributed by atoms with Gasteiger partial charge in [-0.2, -0.15) is 0 Å². The Bertz CT molecular complexity index is 1070. The van der Waals surface area contributed by atoms with Crippen LogP contribution in [0.2, 0.25) is 0 Å². The summed E-state index contributed by atoms with van der Waals surface area (Å²) in [5, 5.41) is 7.73. The lowest BCUT2D eigenvalue weighted by Crippen LogP contribution is -2.30. The molecule has 0 spiro atoms. The van der Waals surface area contributed by atoms with E-state index >= 15 is 0 Å². The van der Waals surface area contributed by atoms with E-state index < -0.39 is 11.9 Å². The zero-order chi connectivity index (χ0) is 21.7. The van der Waals surface area contributed by atoms with Gasteiger partial charge < -0.3 is 25.1 Å². The minimum Gasteiger partial charge on any atom is -0.465 e. The summed E-state index contributed by atoms with van der Waals surface area (Å²) in [6.45, 7) is 2.69. The molecule has 0 saturated carbocycles. The van der Waals surface area contributed by atoms with Gasteiger partial charge in [-0.25, -0.2) is 9.59 Å². The number of nitrogens with one attached hydrogen (secondary N) is 3. The predicted octanol–water partition coefficient (Wildman–Crippen LogP) is 3.58. The average Bonchev–Trinajstić information content (AvgIpc) is 3.14. The monoisotopic (exact) mass is 425 g/mol. The second-order valence-corrected chi connectivity index (χ2v) is 7.18. The summed E-state index contributed by atoms with van der Waals surface area (Å²) in [5.74, 6) is -1.12. The summed E-state index contributed by atoms with van der Waals surface area (Å²) in [5.41, 5.74) is 4.44. The Kier molecular flexibility index (Phi) is 6.68. The molecule has 0 bridgehead atoms. The Morgan fingerprint density at radius 1 is 1.03 bits per heavy atom. The quantitative estimate of drug-likeness (QED) is 0.411. The topological polar surface area (TPSA) is 92.5 Å². The van der Waals surface area contributed by atoms with Crippen molar-refractivity contribution >= 4 is 45.9 Å². The highest BCUT2D eigenvalue weighted by Crippen LogP contribution is 2.20. The van der Waals surface area contributed by atoms with Gasteiger partial charge in [-0.1, -0.05) is 11.6 Å². The number of thiocarbonyl (C=S) groups is 1. The van der Waals surface area contributed by atoms with Gasteiger partial charge in [0.1, 0.15) is 0 Å². The fourth-order valence-corrected chi connectivity index (χ4v) is 3.38. The molecule has 3 N–H and O–H groups in total. The number of aromatic nitrogens is 1. The summed E-state index contributed by atoms with van der Waals surface area (Å²) >= 11 is 5.36. The van der Waals surface area contributed by atoms with E-state index in [0.29, 0.717) is 17.3 Å². The lowest BCUT2D eigenvalue weighted by molar-refractivity contribution is 0.0599. The number of benzene rings is 2. The van der Waals surface area contributed by atoms with E-state index in [-0.39, 0.29) is 11.1 Å². The van der Waals surface area contributed by atoms with Crippen LogP contribution < -0.4 is 10.6 Å². The highest BCUT2D eigenvalue weighted by Gasteiger charge is 2.14. The number of ether oxygens (including phenoxy) is 2. The first-order valence-corrected chi connectivity index (χ1v) is 9.75. The number of carbonyl (C=O) groups excluding carboxylic acids is 2. The van der Waals surface area contributed by atoms with Crippen LogP contribution in [-0.2, 0) is 15.9 Å². The molecule has 7 nitrogen and oxygen atoms in total. The highest BCUT2D eigenvalue weighted by atomic mass is 32.1. The maximum atomic E-state index is 11.9. The number of aryl methyl sites for hydroxylation is 1. The Morgan fingerprint density at radius 2 is 1.70 bits per heavy atom. The van der Waals surface area contributed by atoms with Crippen molar-refractivity contribution < 1.29 is 19.1 Å². The van der Waals surface area contributed by atoms with Gasteiger partial charge in [0.25, 0.3) is 0 Å². The Morgan fingerprint density at radius 3 is 2.33 bits per heavy atom. The zero-order valence-electron chi connectivity index (χ0n) is 17.0. The first-order chi connectivity index (χ1) is 14.4. The van der Waals surface area contributed by atoms with Gasteiger partial charge in [0.05, 0.1) is 25.3 Å². The van der Waals surface area contributed by atoms with Crippen LogP contribution in [0, 0.1) is 6.92 Å². The Hall–Kier alpha value is -3.39. The van der Waals surface area contributed by atoms with E-state index in [9.17, 15) is 9.59 Å². The average molecular weight is 426 g/mol. The number of aromatic amines is 1. The van der Waals surface area contributed by atoms with Gasteiger partial charge in [0.15, 0.2) is 5.11 Å². The fourth-order valence-electron chi connectivity index (χ4n) is 3.16. The standard InChI is InChI=1S/C22H23N3O4S/c1-13-4-5-19-18(8-13)14(12-24-19)6-7-23-22(30)25-17-10-15(20(26)28-2)9-16(11-17)21(27)29-3/h4-5,8-12,24H,6-7H2,1-3H3,(H2,23,25,30). The van der Waals surface area contributed by atoms with Crippen LogP contribution in [0.5, 0.6) is 0 Å². The maximum absolute atomic E-state index is 11.9. The van der Waals surface area contributed by atoms with E-state index in [1.165, 1.54) is 36.8 Å². The maximum Gasteiger partial charge on any atom is 0.337 e. The normalized spacial score (nSPS) is 10.5. The lowest BCUT2D eigenvalue weighted by atomic mass is 10.1. The number of esters is 2. The minimum absolute atomic E-state index is 0.222. The molecule has 0 atom stereocenters. The number of rotatable bonds is 6. The van der Waals surface area contributed by atoms with Crippen LogP contribution >= 0.6 is 12.2 Å². The molecule has 0 radical (unpaired) electrons. The molecular weight excluding hydrogens is 402 g/mol. The number of H-pyrrole nitrogens is 1. The summed E-state index contributed by atoms with van der Waals surface area (Å²) in [4.78, 5) is 27.1. The van der Waals surface area contributed by atoms with Crippen LogP contribution in [0.1, 0.15) is 31.8 Å². The highest BCUT2D eigenvalue weighted by molar-refractivity contribution is 7.80. The molecule has 0 aliphatic carbocycles. The van der Waals surface area contributed by atoms with Crippen LogP contribution in [0.3, 0.4) is 0 Å². The number of anilines is 1. The van der Waals surface area contributed by atoms with Crippen molar-refractivity contribution in [1.29, 1.82) is 0 Å². The van der Waals surface area contributed by atoms with Gasteiger partial charge in [0, 0.05) is 29.3 Å². The summed E-state index contributed by atoms with van der Waals surface area (Å²) in [6.07, 6.45) is 2.78. The van der Waals surface area contributed by atoms with Crippen LogP contribution in [0.4, 0.5) is 5.69 Å². The number of fused-ring (bicyclic) bond motifs is 1. The molecule has 3 aromatic rings. The van der Waals surface area contributed by atoms with Crippen molar-refractivity contribution in [2.24, 2.45) is 0 Å². The van der Waals surface area contributed by atoms with Gasteiger partial charge in [-0.3, -0.25) is 0 Å². The van der Waals surface area contributed by atoms with Gasteiger partial charge in [-0.15, -0.1) is 0 Å². The SMILES string of the molecule is COC(=O)c1cc(NC(=S)NCCc2c[nH]c3ccc(C)cc23)cc(C(=O)OC)c1. The van der Waals surface area contributed by atoms with Crippen molar-refractivity contribution in [3.8, 4) is 0 Å². The molecule has 0 aliphatic rings. The molecule has 2 aromatic carbocycles. The van der Waals surface area contributed by atoms with Crippen LogP contribution in [-0.4, -0.2) is 42.8 Å². The van der Waals surface area contributed by atoms with Crippen molar-refractivity contribution in [2.75, 3.05) is 26.1 Å². The molecule has 0 saturated heterocycles. The smallest absolute Gasteiger partial charge is 0.337 e. The second kappa shape index (κ2) is 9.41. The summed E-state index contributed by atoms with van der Waals surface area (Å²) < 4.78 is 9.49. The molecule has 0 aliphatic heterocycles. The van der Waals surface area contributed by atoms with E-state index in [2.05, 4.69) is 40.7 Å².